The van der Waals surface area contributed by atoms with Crippen molar-refractivity contribution in [1.82, 2.24) is 20.1 Å². The number of hydrogen-bond donors (Lipinski definition) is 1. The maximum atomic E-state index is 4.36. The summed E-state index contributed by atoms with van der Waals surface area (Å²) in [6.07, 6.45) is 5.35. The summed E-state index contributed by atoms with van der Waals surface area (Å²) in [6.45, 7) is 4.23. The van der Waals surface area contributed by atoms with Crippen molar-refractivity contribution < 1.29 is 0 Å². The van der Waals surface area contributed by atoms with Crippen molar-refractivity contribution in [3.8, 4) is 0 Å². The van der Waals surface area contributed by atoms with Gasteiger partial charge in [0.1, 0.15) is 11.6 Å². The lowest BCUT2D eigenvalue weighted by Gasteiger charge is -2.28. The van der Waals surface area contributed by atoms with Gasteiger partial charge in [0.25, 0.3) is 0 Å². The van der Waals surface area contributed by atoms with E-state index in [9.17, 15) is 0 Å². The SMILES string of the molecule is Cc1nnc(C2CNC2)n1C1CCCC1. The molecule has 2 fully saturated rings. The van der Waals surface area contributed by atoms with Gasteiger partial charge in [-0.05, 0) is 19.8 Å². The second-order valence-corrected chi connectivity index (χ2v) is 4.77. The van der Waals surface area contributed by atoms with E-state index in [1.54, 1.807) is 0 Å². The van der Waals surface area contributed by atoms with Crippen LogP contribution in [0.2, 0.25) is 0 Å². The maximum absolute atomic E-state index is 4.36. The van der Waals surface area contributed by atoms with Gasteiger partial charge in [-0.25, -0.2) is 0 Å². The molecule has 82 valence electrons. The lowest BCUT2D eigenvalue weighted by molar-refractivity contribution is 0.389. The van der Waals surface area contributed by atoms with Crippen LogP contribution in [0.4, 0.5) is 0 Å². The fourth-order valence-electron chi connectivity index (χ4n) is 2.75. The average molecular weight is 206 g/mol. The van der Waals surface area contributed by atoms with Gasteiger partial charge in [-0.1, -0.05) is 12.8 Å². The smallest absolute Gasteiger partial charge is 0.138 e. The van der Waals surface area contributed by atoms with Crippen molar-refractivity contribution in [2.24, 2.45) is 0 Å². The molecular formula is C11H18N4. The second kappa shape index (κ2) is 3.59. The van der Waals surface area contributed by atoms with E-state index < -0.39 is 0 Å². The normalized spacial score (nSPS) is 23.3. The van der Waals surface area contributed by atoms with E-state index in [0.29, 0.717) is 12.0 Å². The minimum Gasteiger partial charge on any atom is -0.315 e. The van der Waals surface area contributed by atoms with E-state index in [1.807, 2.05) is 0 Å². The summed E-state index contributed by atoms with van der Waals surface area (Å²) in [6, 6.07) is 0.676. The molecule has 1 aromatic heterocycles. The van der Waals surface area contributed by atoms with Gasteiger partial charge in [-0.3, -0.25) is 0 Å². The summed E-state index contributed by atoms with van der Waals surface area (Å²) >= 11 is 0. The Labute approximate surface area is 90.1 Å². The van der Waals surface area contributed by atoms with Crippen molar-refractivity contribution in [2.45, 2.75) is 44.6 Å². The highest BCUT2D eigenvalue weighted by molar-refractivity contribution is 5.08. The molecule has 1 N–H and O–H groups in total. The Balaban J connectivity index is 1.92. The van der Waals surface area contributed by atoms with Crippen molar-refractivity contribution in [3.05, 3.63) is 11.6 Å². The molecule has 0 radical (unpaired) electrons. The molecule has 1 aromatic rings. The molecule has 1 saturated carbocycles. The first kappa shape index (κ1) is 9.33. The van der Waals surface area contributed by atoms with Crippen LogP contribution < -0.4 is 5.32 Å². The largest absolute Gasteiger partial charge is 0.315 e. The van der Waals surface area contributed by atoms with Crippen LogP contribution in [-0.4, -0.2) is 27.9 Å². The van der Waals surface area contributed by atoms with E-state index in [1.165, 1.54) is 31.5 Å². The zero-order chi connectivity index (χ0) is 10.3. The Morgan fingerprint density at radius 3 is 2.53 bits per heavy atom. The van der Waals surface area contributed by atoms with Crippen LogP contribution in [0.1, 0.15) is 49.3 Å². The van der Waals surface area contributed by atoms with Gasteiger partial charge in [-0.15, -0.1) is 10.2 Å². The Kier molecular flexibility index (Phi) is 2.24. The summed E-state index contributed by atoms with van der Waals surface area (Å²) in [5.41, 5.74) is 0. The topological polar surface area (TPSA) is 42.7 Å². The molecule has 2 heterocycles. The van der Waals surface area contributed by atoms with Crippen LogP contribution in [0, 0.1) is 6.92 Å². The first-order chi connectivity index (χ1) is 7.36. The summed E-state index contributed by atoms with van der Waals surface area (Å²) in [5, 5.41) is 11.9. The van der Waals surface area contributed by atoms with Crippen LogP contribution in [0.5, 0.6) is 0 Å². The lowest BCUT2D eigenvalue weighted by atomic mass is 10.0. The number of nitrogens with one attached hydrogen (secondary N) is 1. The predicted molar refractivity (Wildman–Crippen MR) is 57.9 cm³/mol. The second-order valence-electron chi connectivity index (χ2n) is 4.77. The van der Waals surface area contributed by atoms with Crippen LogP contribution in [0.15, 0.2) is 0 Å². The van der Waals surface area contributed by atoms with Crippen molar-refractivity contribution in [2.75, 3.05) is 13.1 Å². The van der Waals surface area contributed by atoms with Crippen LogP contribution in [0.25, 0.3) is 0 Å². The summed E-state index contributed by atoms with van der Waals surface area (Å²) in [5.74, 6) is 2.92. The molecule has 4 nitrogen and oxygen atoms in total. The molecule has 0 unspecified atom stereocenters. The van der Waals surface area contributed by atoms with Crippen molar-refractivity contribution in [1.29, 1.82) is 0 Å². The molecule has 2 aliphatic rings. The molecule has 0 atom stereocenters. The molecule has 0 spiro atoms. The van der Waals surface area contributed by atoms with E-state index in [-0.39, 0.29) is 0 Å². The summed E-state index contributed by atoms with van der Waals surface area (Å²) < 4.78 is 2.40. The minimum absolute atomic E-state index is 0.604. The number of aromatic nitrogens is 3. The zero-order valence-electron chi connectivity index (χ0n) is 9.24. The highest BCUT2D eigenvalue weighted by Crippen LogP contribution is 2.33. The third-order valence-electron chi connectivity index (χ3n) is 3.73. The fraction of sp³-hybridized carbons (Fsp3) is 0.818. The molecule has 1 aliphatic heterocycles. The molecular weight excluding hydrogens is 188 g/mol. The van der Waals surface area contributed by atoms with E-state index in [2.05, 4.69) is 27.0 Å². The van der Waals surface area contributed by atoms with E-state index in [0.717, 1.165) is 18.9 Å². The Hall–Kier alpha value is -0.900. The van der Waals surface area contributed by atoms with Gasteiger partial charge in [0, 0.05) is 25.0 Å². The van der Waals surface area contributed by atoms with Gasteiger partial charge in [0.05, 0.1) is 0 Å². The number of nitrogens with zero attached hydrogens (tertiary/aromatic N) is 3. The predicted octanol–water partition coefficient (Wildman–Crippen LogP) is 1.39. The number of rotatable bonds is 2. The Morgan fingerprint density at radius 2 is 1.93 bits per heavy atom. The zero-order valence-corrected chi connectivity index (χ0v) is 9.24. The molecule has 0 amide bonds. The third-order valence-corrected chi connectivity index (χ3v) is 3.73. The van der Waals surface area contributed by atoms with Crippen LogP contribution in [0.3, 0.4) is 0 Å². The third kappa shape index (κ3) is 1.47. The van der Waals surface area contributed by atoms with Crippen molar-refractivity contribution >= 4 is 0 Å². The lowest BCUT2D eigenvalue weighted by Crippen LogP contribution is -2.41. The first-order valence-electron chi connectivity index (χ1n) is 5.98. The highest BCUT2D eigenvalue weighted by Gasteiger charge is 2.29. The molecule has 0 aromatic carbocycles. The summed E-state index contributed by atoms with van der Waals surface area (Å²) in [7, 11) is 0. The van der Waals surface area contributed by atoms with Gasteiger partial charge >= 0.3 is 0 Å². The first-order valence-corrected chi connectivity index (χ1v) is 5.98. The molecule has 1 saturated heterocycles. The molecule has 4 heteroatoms. The number of aryl methyl sites for hydroxylation is 1. The van der Waals surface area contributed by atoms with E-state index >= 15 is 0 Å². The van der Waals surface area contributed by atoms with E-state index in [4.69, 9.17) is 0 Å². The highest BCUT2D eigenvalue weighted by atomic mass is 15.3. The molecule has 0 bridgehead atoms. The van der Waals surface area contributed by atoms with Crippen LogP contribution >= 0.6 is 0 Å². The van der Waals surface area contributed by atoms with Gasteiger partial charge in [0.2, 0.25) is 0 Å². The van der Waals surface area contributed by atoms with Gasteiger partial charge in [-0.2, -0.15) is 0 Å². The standard InChI is InChI=1S/C11H18N4/c1-8-13-14-11(9-6-12-7-9)15(8)10-4-2-3-5-10/h9-10,12H,2-7H2,1H3. The molecule has 15 heavy (non-hydrogen) atoms. The minimum atomic E-state index is 0.604. The maximum Gasteiger partial charge on any atom is 0.138 e. The Bertz CT molecular complexity index is 347. The average Bonchev–Trinajstić information content (AvgIpc) is 2.72. The number of hydrogen-bond acceptors (Lipinski definition) is 3. The summed E-state index contributed by atoms with van der Waals surface area (Å²) in [4.78, 5) is 0. The van der Waals surface area contributed by atoms with Crippen LogP contribution in [-0.2, 0) is 0 Å². The fourth-order valence-corrected chi connectivity index (χ4v) is 2.75. The van der Waals surface area contributed by atoms with Crippen molar-refractivity contribution in [3.63, 3.8) is 0 Å². The van der Waals surface area contributed by atoms with Gasteiger partial charge in [0.15, 0.2) is 0 Å². The molecule has 1 aliphatic carbocycles. The monoisotopic (exact) mass is 206 g/mol. The molecule has 3 rings (SSSR count). The Morgan fingerprint density at radius 1 is 1.20 bits per heavy atom. The quantitative estimate of drug-likeness (QED) is 0.795. The van der Waals surface area contributed by atoms with Gasteiger partial charge < -0.3 is 9.88 Å².